The van der Waals surface area contributed by atoms with Crippen molar-refractivity contribution in [2.45, 2.75) is 12.6 Å². The number of nitrogens with zero attached hydrogens (tertiary/aromatic N) is 2. The van der Waals surface area contributed by atoms with E-state index >= 15 is 0 Å². The van der Waals surface area contributed by atoms with Crippen molar-refractivity contribution >= 4 is 0 Å². The van der Waals surface area contributed by atoms with Crippen molar-refractivity contribution < 1.29 is 4.74 Å². The second kappa shape index (κ2) is 7.01. The van der Waals surface area contributed by atoms with E-state index in [0.717, 1.165) is 26.2 Å². The van der Waals surface area contributed by atoms with Gasteiger partial charge in [-0.3, -0.25) is 4.90 Å². The van der Waals surface area contributed by atoms with Crippen molar-refractivity contribution in [2.75, 3.05) is 46.9 Å². The molecule has 1 heterocycles. The molecule has 1 aliphatic rings. The number of ether oxygens (including phenoxy) is 1. The van der Waals surface area contributed by atoms with Crippen molar-refractivity contribution in [2.24, 2.45) is 5.73 Å². The van der Waals surface area contributed by atoms with E-state index in [2.05, 4.69) is 41.1 Å². The van der Waals surface area contributed by atoms with Crippen LogP contribution in [0.25, 0.3) is 0 Å². The summed E-state index contributed by atoms with van der Waals surface area (Å²) in [5.41, 5.74) is 8.53. The molecule has 0 bridgehead atoms. The molecular formula is C15H25N3O. The Kier molecular flexibility index (Phi) is 5.34. The van der Waals surface area contributed by atoms with Gasteiger partial charge in [-0.05, 0) is 18.2 Å². The van der Waals surface area contributed by atoms with Crippen LogP contribution in [0.5, 0.6) is 0 Å². The molecule has 2 N–H and O–H groups in total. The van der Waals surface area contributed by atoms with Crippen molar-refractivity contribution in [3.63, 3.8) is 0 Å². The molecule has 1 aliphatic heterocycles. The Bertz CT molecular complexity index is 389. The van der Waals surface area contributed by atoms with E-state index in [1.807, 2.05) is 0 Å². The zero-order valence-electron chi connectivity index (χ0n) is 12.0. The van der Waals surface area contributed by atoms with E-state index < -0.39 is 0 Å². The maximum Gasteiger partial charge on any atom is 0.0713 e. The molecule has 0 spiro atoms. The van der Waals surface area contributed by atoms with Crippen molar-refractivity contribution in [1.29, 1.82) is 0 Å². The second-order valence-corrected chi connectivity index (χ2v) is 5.27. The quantitative estimate of drug-likeness (QED) is 0.863. The summed E-state index contributed by atoms with van der Waals surface area (Å²) in [4.78, 5) is 4.86. The number of hydrogen-bond acceptors (Lipinski definition) is 4. The fourth-order valence-corrected chi connectivity index (χ4v) is 2.69. The largest absolute Gasteiger partial charge is 0.380 e. The number of hydrogen-bond donors (Lipinski definition) is 1. The van der Waals surface area contributed by atoms with Crippen LogP contribution >= 0.6 is 0 Å². The van der Waals surface area contributed by atoms with Crippen LogP contribution in [-0.4, -0.2) is 56.7 Å². The first-order valence-electron chi connectivity index (χ1n) is 6.95. The maximum absolute atomic E-state index is 6.01. The van der Waals surface area contributed by atoms with Crippen LogP contribution in [0.15, 0.2) is 24.3 Å². The van der Waals surface area contributed by atoms with Gasteiger partial charge < -0.3 is 15.4 Å². The first-order chi connectivity index (χ1) is 9.24. The minimum Gasteiger partial charge on any atom is -0.380 e. The van der Waals surface area contributed by atoms with Gasteiger partial charge in [0.2, 0.25) is 0 Å². The fraction of sp³-hybridized carbons (Fsp3) is 0.600. The van der Waals surface area contributed by atoms with Gasteiger partial charge in [-0.15, -0.1) is 0 Å². The lowest BCUT2D eigenvalue weighted by atomic mass is 10.0. The summed E-state index contributed by atoms with van der Waals surface area (Å²) in [6, 6.07) is 8.92. The molecule has 0 aliphatic carbocycles. The van der Waals surface area contributed by atoms with Crippen LogP contribution in [0.1, 0.15) is 17.2 Å². The Morgan fingerprint density at radius 1 is 1.26 bits per heavy atom. The molecule has 1 aromatic rings. The third kappa shape index (κ3) is 3.76. The standard InChI is InChI=1S/C15H25N3O/c1-17-6-8-18(9-7-17)15(11-16)14-5-3-4-13(10-14)12-19-2/h3-5,10,15H,6-9,11-12,16H2,1-2H3. The van der Waals surface area contributed by atoms with Crippen LogP contribution in [-0.2, 0) is 11.3 Å². The van der Waals surface area contributed by atoms with Gasteiger partial charge >= 0.3 is 0 Å². The van der Waals surface area contributed by atoms with Gasteiger partial charge in [-0.25, -0.2) is 0 Å². The SMILES string of the molecule is COCc1cccc(C(CN)N2CCN(C)CC2)c1. The minimum absolute atomic E-state index is 0.325. The Hall–Kier alpha value is -0.940. The Labute approximate surface area is 116 Å². The highest BCUT2D eigenvalue weighted by Crippen LogP contribution is 2.22. The van der Waals surface area contributed by atoms with E-state index in [4.69, 9.17) is 10.5 Å². The molecule has 1 atom stereocenters. The fourth-order valence-electron chi connectivity index (χ4n) is 2.69. The molecule has 0 radical (unpaired) electrons. The average Bonchev–Trinajstić information content (AvgIpc) is 2.43. The molecule has 1 aromatic carbocycles. The molecule has 1 fully saturated rings. The molecular weight excluding hydrogens is 238 g/mol. The number of piperazine rings is 1. The molecule has 0 amide bonds. The smallest absolute Gasteiger partial charge is 0.0713 e. The van der Waals surface area contributed by atoms with Crippen LogP contribution in [0.4, 0.5) is 0 Å². The lowest BCUT2D eigenvalue weighted by molar-refractivity contribution is 0.114. The summed E-state index contributed by atoms with van der Waals surface area (Å²) in [6.07, 6.45) is 0. The van der Waals surface area contributed by atoms with E-state index in [1.165, 1.54) is 11.1 Å². The molecule has 106 valence electrons. The van der Waals surface area contributed by atoms with Crippen molar-refractivity contribution in [3.8, 4) is 0 Å². The second-order valence-electron chi connectivity index (χ2n) is 5.27. The Balaban J connectivity index is 2.10. The number of likely N-dealkylation sites (N-methyl/N-ethyl adjacent to an activating group) is 1. The van der Waals surface area contributed by atoms with Gasteiger partial charge in [0.05, 0.1) is 6.61 Å². The number of rotatable bonds is 5. The van der Waals surface area contributed by atoms with Gasteiger partial charge in [-0.1, -0.05) is 24.3 Å². The Morgan fingerprint density at radius 2 is 2.00 bits per heavy atom. The number of nitrogens with two attached hydrogens (primary N) is 1. The molecule has 2 rings (SSSR count). The molecule has 1 unspecified atom stereocenters. The topological polar surface area (TPSA) is 41.7 Å². The third-order valence-electron chi connectivity index (χ3n) is 3.85. The highest BCUT2D eigenvalue weighted by atomic mass is 16.5. The van der Waals surface area contributed by atoms with Crippen LogP contribution in [0, 0.1) is 0 Å². The summed E-state index contributed by atoms with van der Waals surface area (Å²) < 4.78 is 5.20. The molecule has 0 aromatic heterocycles. The maximum atomic E-state index is 6.01. The molecule has 0 saturated carbocycles. The molecule has 4 heteroatoms. The summed E-state index contributed by atoms with van der Waals surface area (Å²) in [7, 11) is 3.90. The van der Waals surface area contributed by atoms with Crippen LogP contribution < -0.4 is 5.73 Å². The zero-order chi connectivity index (χ0) is 13.7. The van der Waals surface area contributed by atoms with E-state index in [0.29, 0.717) is 19.2 Å². The zero-order valence-corrected chi connectivity index (χ0v) is 12.0. The highest BCUT2D eigenvalue weighted by molar-refractivity contribution is 5.26. The number of methoxy groups -OCH3 is 1. The summed E-state index contributed by atoms with van der Waals surface area (Å²) >= 11 is 0. The van der Waals surface area contributed by atoms with Gasteiger partial charge in [-0.2, -0.15) is 0 Å². The summed E-state index contributed by atoms with van der Waals surface area (Å²) in [5, 5.41) is 0. The predicted octanol–water partition coefficient (Wildman–Crippen LogP) is 1.08. The molecule has 19 heavy (non-hydrogen) atoms. The van der Waals surface area contributed by atoms with Crippen LogP contribution in [0.2, 0.25) is 0 Å². The van der Waals surface area contributed by atoms with Crippen molar-refractivity contribution in [3.05, 3.63) is 35.4 Å². The lowest BCUT2D eigenvalue weighted by Crippen LogP contribution is -2.47. The van der Waals surface area contributed by atoms with Crippen LogP contribution in [0.3, 0.4) is 0 Å². The lowest BCUT2D eigenvalue weighted by Gasteiger charge is -2.37. The van der Waals surface area contributed by atoms with Crippen molar-refractivity contribution in [1.82, 2.24) is 9.80 Å². The molecule has 4 nitrogen and oxygen atoms in total. The third-order valence-corrected chi connectivity index (χ3v) is 3.85. The van der Waals surface area contributed by atoms with Gasteiger partial charge in [0.15, 0.2) is 0 Å². The van der Waals surface area contributed by atoms with Gasteiger partial charge in [0.1, 0.15) is 0 Å². The average molecular weight is 263 g/mol. The van der Waals surface area contributed by atoms with Gasteiger partial charge in [0, 0.05) is 45.9 Å². The van der Waals surface area contributed by atoms with E-state index in [-0.39, 0.29) is 0 Å². The van der Waals surface area contributed by atoms with E-state index in [9.17, 15) is 0 Å². The number of benzene rings is 1. The molecule has 1 saturated heterocycles. The minimum atomic E-state index is 0.325. The van der Waals surface area contributed by atoms with E-state index in [1.54, 1.807) is 7.11 Å². The van der Waals surface area contributed by atoms with Gasteiger partial charge in [0.25, 0.3) is 0 Å². The first kappa shape index (κ1) is 14.5. The monoisotopic (exact) mass is 263 g/mol. The first-order valence-corrected chi connectivity index (χ1v) is 6.95. The summed E-state index contributed by atoms with van der Waals surface area (Å²) in [5.74, 6) is 0. The highest BCUT2D eigenvalue weighted by Gasteiger charge is 2.22. The Morgan fingerprint density at radius 3 is 2.63 bits per heavy atom. The summed E-state index contributed by atoms with van der Waals surface area (Å²) in [6.45, 7) is 5.75. The normalized spacial score (nSPS) is 19.5. The predicted molar refractivity (Wildman–Crippen MR) is 78.0 cm³/mol.